The van der Waals surface area contributed by atoms with Crippen molar-refractivity contribution in [3.05, 3.63) is 28.8 Å². The number of hydrogen-bond acceptors (Lipinski definition) is 3. The second-order valence-electron chi connectivity index (χ2n) is 4.79. The lowest BCUT2D eigenvalue weighted by Gasteiger charge is -2.26. The summed E-state index contributed by atoms with van der Waals surface area (Å²) in [4.78, 5) is 2.27. The van der Waals surface area contributed by atoms with Crippen LogP contribution in [0.25, 0.3) is 0 Å². The average molecular weight is 255 g/mol. The van der Waals surface area contributed by atoms with Crippen LogP contribution in [0.4, 0.5) is 5.69 Å². The number of aliphatic hydroxyl groups is 1. The van der Waals surface area contributed by atoms with Gasteiger partial charge in [0.15, 0.2) is 0 Å². The Labute approximate surface area is 107 Å². The lowest BCUT2D eigenvalue weighted by Crippen LogP contribution is -2.34. The number of nitrogens with two attached hydrogens (primary N) is 1. The number of likely N-dealkylation sites (tertiary alicyclic amines) is 1. The zero-order chi connectivity index (χ0) is 12.4. The molecule has 1 aromatic carbocycles. The molecule has 4 heteroatoms. The van der Waals surface area contributed by atoms with Gasteiger partial charge in [0.05, 0.1) is 6.61 Å². The first-order valence-corrected chi connectivity index (χ1v) is 6.39. The van der Waals surface area contributed by atoms with Gasteiger partial charge in [0, 0.05) is 28.9 Å². The number of hydrogen-bond donors (Lipinski definition) is 2. The van der Waals surface area contributed by atoms with Gasteiger partial charge in [-0.05, 0) is 31.0 Å². The van der Waals surface area contributed by atoms with Crippen LogP contribution in [0.2, 0.25) is 5.02 Å². The molecule has 1 aromatic rings. The molecule has 94 valence electrons. The highest BCUT2D eigenvalue weighted by Gasteiger charge is 2.30. The summed E-state index contributed by atoms with van der Waals surface area (Å²) in [6.45, 7) is 4.10. The highest BCUT2D eigenvalue weighted by Crippen LogP contribution is 2.29. The molecule has 1 fully saturated rings. The number of halogens is 1. The lowest BCUT2D eigenvalue weighted by molar-refractivity contribution is 0.134. The van der Waals surface area contributed by atoms with Crippen LogP contribution in [0.3, 0.4) is 0 Å². The second-order valence-corrected chi connectivity index (χ2v) is 5.20. The van der Waals surface area contributed by atoms with Crippen LogP contribution in [0.5, 0.6) is 0 Å². The fourth-order valence-electron chi connectivity index (χ4n) is 2.52. The molecule has 2 atom stereocenters. The zero-order valence-electron chi connectivity index (χ0n) is 10.1. The van der Waals surface area contributed by atoms with Crippen LogP contribution in [0.15, 0.2) is 18.2 Å². The molecule has 3 N–H and O–H groups in total. The van der Waals surface area contributed by atoms with E-state index in [1.165, 1.54) is 0 Å². The zero-order valence-corrected chi connectivity index (χ0v) is 10.8. The normalized spacial score (nSPS) is 25.4. The van der Waals surface area contributed by atoms with Gasteiger partial charge in [-0.1, -0.05) is 24.6 Å². The Balaban J connectivity index is 2.16. The topological polar surface area (TPSA) is 49.5 Å². The van der Waals surface area contributed by atoms with E-state index >= 15 is 0 Å². The smallest absolute Gasteiger partial charge is 0.0589 e. The predicted octanol–water partition coefficient (Wildman–Crippen LogP) is 2.12. The number of nitrogen functional groups attached to an aromatic ring is 1. The van der Waals surface area contributed by atoms with Gasteiger partial charge in [0.2, 0.25) is 0 Å². The van der Waals surface area contributed by atoms with Gasteiger partial charge in [-0.2, -0.15) is 0 Å². The van der Waals surface area contributed by atoms with Crippen LogP contribution in [0, 0.1) is 5.92 Å². The highest BCUT2D eigenvalue weighted by molar-refractivity contribution is 6.31. The first-order valence-electron chi connectivity index (χ1n) is 6.01. The summed E-state index contributed by atoms with van der Waals surface area (Å²) in [5.74, 6) is 0.531. The maximum Gasteiger partial charge on any atom is 0.0589 e. The van der Waals surface area contributed by atoms with Gasteiger partial charge >= 0.3 is 0 Å². The van der Waals surface area contributed by atoms with Crippen molar-refractivity contribution < 1.29 is 5.11 Å². The van der Waals surface area contributed by atoms with E-state index < -0.39 is 0 Å². The van der Waals surface area contributed by atoms with Crippen LogP contribution in [-0.2, 0) is 6.54 Å². The minimum atomic E-state index is 0.200. The molecule has 0 radical (unpaired) electrons. The van der Waals surface area contributed by atoms with Crippen molar-refractivity contribution in [1.82, 2.24) is 4.90 Å². The fourth-order valence-corrected chi connectivity index (χ4v) is 2.77. The van der Waals surface area contributed by atoms with Crippen LogP contribution >= 0.6 is 11.6 Å². The summed E-state index contributed by atoms with van der Waals surface area (Å²) in [5, 5.41) is 10.1. The van der Waals surface area contributed by atoms with Gasteiger partial charge in [0.1, 0.15) is 0 Å². The molecule has 2 rings (SSSR count). The lowest BCUT2D eigenvalue weighted by atomic mass is 10.0. The predicted molar refractivity (Wildman–Crippen MR) is 70.9 cm³/mol. The van der Waals surface area contributed by atoms with Crippen molar-refractivity contribution in [3.63, 3.8) is 0 Å². The van der Waals surface area contributed by atoms with Crippen LogP contribution in [0.1, 0.15) is 18.9 Å². The van der Waals surface area contributed by atoms with E-state index in [1.807, 2.05) is 18.2 Å². The molecule has 0 bridgehead atoms. The number of rotatable bonds is 3. The summed E-state index contributed by atoms with van der Waals surface area (Å²) >= 11 is 6.17. The van der Waals surface area contributed by atoms with Gasteiger partial charge in [0.25, 0.3) is 0 Å². The third-order valence-electron chi connectivity index (χ3n) is 3.70. The molecular formula is C13H19ClN2O. The van der Waals surface area contributed by atoms with Crippen molar-refractivity contribution >= 4 is 17.3 Å². The van der Waals surface area contributed by atoms with E-state index in [1.54, 1.807) is 0 Å². The molecule has 17 heavy (non-hydrogen) atoms. The Hall–Kier alpha value is -0.770. The molecule has 1 heterocycles. The molecule has 1 aliphatic heterocycles. The molecule has 1 saturated heterocycles. The van der Waals surface area contributed by atoms with Gasteiger partial charge in [-0.25, -0.2) is 0 Å². The Morgan fingerprint density at radius 2 is 2.29 bits per heavy atom. The number of benzene rings is 1. The van der Waals surface area contributed by atoms with Gasteiger partial charge in [-0.3, -0.25) is 4.90 Å². The summed E-state index contributed by atoms with van der Waals surface area (Å²) in [6, 6.07) is 5.82. The van der Waals surface area contributed by atoms with Gasteiger partial charge < -0.3 is 10.8 Å². The Morgan fingerprint density at radius 1 is 1.53 bits per heavy atom. The van der Waals surface area contributed by atoms with E-state index in [2.05, 4.69) is 11.8 Å². The number of anilines is 1. The van der Waals surface area contributed by atoms with Crippen LogP contribution in [-0.4, -0.2) is 29.2 Å². The molecule has 0 aromatic heterocycles. The largest absolute Gasteiger partial charge is 0.398 e. The Kier molecular flexibility index (Phi) is 3.92. The Morgan fingerprint density at radius 3 is 2.94 bits per heavy atom. The van der Waals surface area contributed by atoms with E-state index in [0.29, 0.717) is 10.9 Å². The van der Waals surface area contributed by atoms with Crippen molar-refractivity contribution in [2.24, 2.45) is 5.92 Å². The first-order chi connectivity index (χ1) is 8.13. The minimum absolute atomic E-state index is 0.200. The van der Waals surface area contributed by atoms with Crippen molar-refractivity contribution in [2.45, 2.75) is 25.9 Å². The standard InChI is InChI=1S/C13H19ClN2O/c1-9-5-6-16(13(9)8-17)7-10-11(14)3-2-4-12(10)15/h2-4,9,13,17H,5-8,15H2,1H3. The fraction of sp³-hybridized carbons (Fsp3) is 0.538. The van der Waals surface area contributed by atoms with Crippen LogP contribution < -0.4 is 5.73 Å². The molecule has 2 unspecified atom stereocenters. The summed E-state index contributed by atoms with van der Waals surface area (Å²) in [5.41, 5.74) is 7.65. The van der Waals surface area contributed by atoms with Crippen molar-refractivity contribution in [1.29, 1.82) is 0 Å². The third-order valence-corrected chi connectivity index (χ3v) is 4.05. The molecule has 0 saturated carbocycles. The molecule has 0 amide bonds. The molecule has 0 spiro atoms. The maximum absolute atomic E-state index is 9.42. The second kappa shape index (κ2) is 5.25. The summed E-state index contributed by atoms with van der Waals surface area (Å²) < 4.78 is 0. The van der Waals surface area contributed by atoms with Crippen molar-refractivity contribution in [2.75, 3.05) is 18.9 Å². The number of aliphatic hydroxyl groups excluding tert-OH is 1. The van der Waals surface area contributed by atoms with E-state index in [-0.39, 0.29) is 12.6 Å². The molecular weight excluding hydrogens is 236 g/mol. The minimum Gasteiger partial charge on any atom is -0.398 e. The third kappa shape index (κ3) is 2.57. The average Bonchev–Trinajstić information content (AvgIpc) is 2.64. The number of nitrogens with zero attached hydrogens (tertiary/aromatic N) is 1. The molecule has 3 nitrogen and oxygen atoms in total. The quantitative estimate of drug-likeness (QED) is 0.813. The molecule has 0 aliphatic carbocycles. The van der Waals surface area contributed by atoms with E-state index in [0.717, 1.165) is 30.8 Å². The first kappa shape index (κ1) is 12.7. The monoisotopic (exact) mass is 254 g/mol. The molecule has 1 aliphatic rings. The van der Waals surface area contributed by atoms with Crippen molar-refractivity contribution in [3.8, 4) is 0 Å². The van der Waals surface area contributed by atoms with E-state index in [4.69, 9.17) is 17.3 Å². The highest BCUT2D eigenvalue weighted by atomic mass is 35.5. The van der Waals surface area contributed by atoms with Gasteiger partial charge in [-0.15, -0.1) is 0 Å². The summed E-state index contributed by atoms with van der Waals surface area (Å²) in [7, 11) is 0. The maximum atomic E-state index is 9.42. The van der Waals surface area contributed by atoms with E-state index in [9.17, 15) is 5.11 Å². The summed E-state index contributed by atoms with van der Waals surface area (Å²) in [6.07, 6.45) is 1.12. The SMILES string of the molecule is CC1CCN(Cc2c(N)cccc2Cl)C1CO. The Bertz CT molecular complexity index is 377.